The molecule has 1 fully saturated rings. The zero-order valence-corrected chi connectivity index (χ0v) is 11.9. The molecule has 5 nitrogen and oxygen atoms in total. The lowest BCUT2D eigenvalue weighted by Gasteiger charge is -2.18. The Hall–Kier alpha value is -1.88. The summed E-state index contributed by atoms with van der Waals surface area (Å²) >= 11 is 0. The molecule has 20 heavy (non-hydrogen) atoms. The molecule has 1 aromatic heterocycles. The number of likely N-dealkylation sites (N-methyl/N-ethyl adjacent to an activating group) is 1. The number of hydrogen-bond acceptors (Lipinski definition) is 4. The van der Waals surface area contributed by atoms with E-state index in [2.05, 4.69) is 51.8 Å². The van der Waals surface area contributed by atoms with Gasteiger partial charge < -0.3 is 10.2 Å². The van der Waals surface area contributed by atoms with Gasteiger partial charge in [-0.2, -0.15) is 0 Å². The minimum atomic E-state index is 0.712. The second kappa shape index (κ2) is 6.05. The second-order valence-corrected chi connectivity index (χ2v) is 5.39. The summed E-state index contributed by atoms with van der Waals surface area (Å²) in [6, 6.07) is 11.1. The van der Waals surface area contributed by atoms with Crippen molar-refractivity contribution in [1.29, 1.82) is 0 Å². The maximum atomic E-state index is 4.20. The summed E-state index contributed by atoms with van der Waals surface area (Å²) in [5, 5.41) is 11.8. The fraction of sp³-hybridized carbons (Fsp3) is 0.467. The molecule has 5 heteroatoms. The highest BCUT2D eigenvalue weighted by Gasteiger charge is 2.20. The van der Waals surface area contributed by atoms with E-state index in [4.69, 9.17) is 0 Å². The number of nitrogens with one attached hydrogen (secondary N) is 1. The van der Waals surface area contributed by atoms with Gasteiger partial charge in [-0.3, -0.25) is 4.68 Å². The van der Waals surface area contributed by atoms with Crippen LogP contribution in [0.4, 0.5) is 5.69 Å². The SMILES string of the molecule is CN(CCn1cc(CNC2CC2)nn1)c1ccccc1. The summed E-state index contributed by atoms with van der Waals surface area (Å²) in [7, 11) is 2.10. The van der Waals surface area contributed by atoms with Gasteiger partial charge in [0.05, 0.1) is 12.2 Å². The van der Waals surface area contributed by atoms with Crippen molar-refractivity contribution >= 4 is 5.69 Å². The quantitative estimate of drug-likeness (QED) is 0.832. The zero-order chi connectivity index (χ0) is 13.8. The van der Waals surface area contributed by atoms with Gasteiger partial charge in [0.15, 0.2) is 0 Å². The molecule has 0 atom stereocenters. The van der Waals surface area contributed by atoms with Gasteiger partial charge in [0.2, 0.25) is 0 Å². The van der Waals surface area contributed by atoms with E-state index in [9.17, 15) is 0 Å². The van der Waals surface area contributed by atoms with Crippen molar-refractivity contribution in [2.75, 3.05) is 18.5 Å². The van der Waals surface area contributed by atoms with Gasteiger partial charge in [-0.05, 0) is 25.0 Å². The summed E-state index contributed by atoms with van der Waals surface area (Å²) in [5.74, 6) is 0. The summed E-state index contributed by atoms with van der Waals surface area (Å²) in [6.07, 6.45) is 4.64. The van der Waals surface area contributed by atoms with Gasteiger partial charge in [-0.15, -0.1) is 5.10 Å². The molecular formula is C15H21N5. The maximum Gasteiger partial charge on any atom is 0.0964 e. The van der Waals surface area contributed by atoms with Crippen LogP contribution < -0.4 is 10.2 Å². The molecule has 0 bridgehead atoms. The Labute approximate surface area is 119 Å². The van der Waals surface area contributed by atoms with Crippen molar-refractivity contribution in [3.63, 3.8) is 0 Å². The highest BCUT2D eigenvalue weighted by molar-refractivity contribution is 5.44. The zero-order valence-electron chi connectivity index (χ0n) is 11.9. The number of hydrogen-bond donors (Lipinski definition) is 1. The third kappa shape index (κ3) is 3.57. The molecule has 3 rings (SSSR count). The molecule has 1 aromatic carbocycles. The number of anilines is 1. The molecule has 1 aliphatic carbocycles. The average Bonchev–Trinajstić information content (AvgIpc) is 3.22. The number of rotatable bonds is 7. The Bertz CT molecular complexity index is 532. The lowest BCUT2D eigenvalue weighted by Crippen LogP contribution is -2.22. The summed E-state index contributed by atoms with van der Waals surface area (Å²) < 4.78 is 1.92. The Kier molecular flexibility index (Phi) is 3.97. The lowest BCUT2D eigenvalue weighted by molar-refractivity contribution is 0.587. The molecule has 1 heterocycles. The van der Waals surface area contributed by atoms with E-state index >= 15 is 0 Å². The fourth-order valence-corrected chi connectivity index (χ4v) is 2.13. The van der Waals surface area contributed by atoms with E-state index in [1.165, 1.54) is 18.5 Å². The van der Waals surface area contributed by atoms with Gasteiger partial charge >= 0.3 is 0 Å². The average molecular weight is 271 g/mol. The van der Waals surface area contributed by atoms with Crippen LogP contribution in [0, 0.1) is 0 Å². The summed E-state index contributed by atoms with van der Waals surface area (Å²) in [5.41, 5.74) is 2.25. The maximum absolute atomic E-state index is 4.20. The Morgan fingerprint density at radius 2 is 2.10 bits per heavy atom. The van der Waals surface area contributed by atoms with Gasteiger partial charge in [-0.1, -0.05) is 23.4 Å². The number of nitrogens with zero attached hydrogens (tertiary/aromatic N) is 4. The van der Waals surface area contributed by atoms with Crippen LogP contribution in [0.5, 0.6) is 0 Å². The van der Waals surface area contributed by atoms with E-state index in [0.717, 1.165) is 25.3 Å². The Balaban J connectivity index is 1.47. The molecule has 0 unspecified atom stereocenters. The van der Waals surface area contributed by atoms with Gasteiger partial charge in [0.25, 0.3) is 0 Å². The van der Waals surface area contributed by atoms with Crippen LogP contribution in [-0.4, -0.2) is 34.6 Å². The standard InChI is InChI=1S/C15H21N5/c1-19(15-5-3-2-4-6-15)9-10-20-12-14(17-18-20)11-16-13-7-8-13/h2-6,12-13,16H,7-11H2,1H3. The molecule has 0 spiro atoms. The van der Waals surface area contributed by atoms with Crippen LogP contribution >= 0.6 is 0 Å². The number of para-hydroxylation sites is 1. The van der Waals surface area contributed by atoms with Crippen LogP contribution in [0.1, 0.15) is 18.5 Å². The molecule has 0 aliphatic heterocycles. The number of benzene rings is 1. The summed E-state index contributed by atoms with van der Waals surface area (Å²) in [6.45, 7) is 2.60. The van der Waals surface area contributed by atoms with Gasteiger partial charge in [0.1, 0.15) is 0 Å². The first-order valence-corrected chi connectivity index (χ1v) is 7.20. The molecule has 1 N–H and O–H groups in total. The van der Waals surface area contributed by atoms with Crippen molar-refractivity contribution in [2.45, 2.75) is 32.0 Å². The van der Waals surface area contributed by atoms with Crippen LogP contribution in [0.3, 0.4) is 0 Å². The van der Waals surface area contributed by atoms with Crippen molar-refractivity contribution in [2.24, 2.45) is 0 Å². The monoisotopic (exact) mass is 271 g/mol. The topological polar surface area (TPSA) is 46.0 Å². The molecule has 106 valence electrons. The predicted molar refractivity (Wildman–Crippen MR) is 79.6 cm³/mol. The molecule has 1 aliphatic rings. The Morgan fingerprint density at radius 3 is 2.85 bits per heavy atom. The minimum absolute atomic E-state index is 0.712. The smallest absolute Gasteiger partial charge is 0.0964 e. The molecule has 0 saturated heterocycles. The Morgan fingerprint density at radius 1 is 1.30 bits per heavy atom. The van der Waals surface area contributed by atoms with Crippen LogP contribution in [0.25, 0.3) is 0 Å². The summed E-state index contributed by atoms with van der Waals surface area (Å²) in [4.78, 5) is 2.23. The highest BCUT2D eigenvalue weighted by Crippen LogP contribution is 2.18. The largest absolute Gasteiger partial charge is 0.373 e. The van der Waals surface area contributed by atoms with E-state index in [1.54, 1.807) is 0 Å². The van der Waals surface area contributed by atoms with Crippen molar-refractivity contribution in [1.82, 2.24) is 20.3 Å². The molecule has 0 amide bonds. The molecular weight excluding hydrogens is 250 g/mol. The normalized spacial score (nSPS) is 14.4. The van der Waals surface area contributed by atoms with Crippen LogP contribution in [0.15, 0.2) is 36.5 Å². The second-order valence-electron chi connectivity index (χ2n) is 5.39. The number of aromatic nitrogens is 3. The van der Waals surface area contributed by atoms with Crippen molar-refractivity contribution in [3.8, 4) is 0 Å². The fourth-order valence-electron chi connectivity index (χ4n) is 2.13. The highest BCUT2D eigenvalue weighted by atomic mass is 15.4. The van der Waals surface area contributed by atoms with Crippen molar-refractivity contribution < 1.29 is 0 Å². The lowest BCUT2D eigenvalue weighted by atomic mass is 10.3. The first-order chi connectivity index (χ1) is 9.81. The first kappa shape index (κ1) is 13.1. The van der Waals surface area contributed by atoms with E-state index in [1.807, 2.05) is 16.9 Å². The van der Waals surface area contributed by atoms with Gasteiger partial charge in [-0.25, -0.2) is 0 Å². The van der Waals surface area contributed by atoms with E-state index in [0.29, 0.717) is 6.04 Å². The van der Waals surface area contributed by atoms with Gasteiger partial charge in [0, 0.05) is 38.1 Å². The molecule has 0 radical (unpaired) electrons. The van der Waals surface area contributed by atoms with Crippen LogP contribution in [0.2, 0.25) is 0 Å². The third-order valence-electron chi connectivity index (χ3n) is 3.60. The van der Waals surface area contributed by atoms with E-state index < -0.39 is 0 Å². The first-order valence-electron chi connectivity index (χ1n) is 7.20. The van der Waals surface area contributed by atoms with Crippen LogP contribution in [-0.2, 0) is 13.1 Å². The molecule has 1 saturated carbocycles. The third-order valence-corrected chi connectivity index (χ3v) is 3.60. The minimum Gasteiger partial charge on any atom is -0.373 e. The predicted octanol–water partition coefficient (Wildman–Crippen LogP) is 1.67. The molecule has 2 aromatic rings. The van der Waals surface area contributed by atoms with E-state index in [-0.39, 0.29) is 0 Å². The van der Waals surface area contributed by atoms with Crippen molar-refractivity contribution in [3.05, 3.63) is 42.2 Å².